The van der Waals surface area contributed by atoms with Crippen LogP contribution in [0.1, 0.15) is 0 Å². The van der Waals surface area contributed by atoms with E-state index in [1.807, 2.05) is 0 Å². The van der Waals surface area contributed by atoms with Crippen LogP contribution in [-0.4, -0.2) is 32.7 Å². The normalized spacial score (nSPS) is 11.5. The van der Waals surface area contributed by atoms with Gasteiger partial charge in [-0.15, -0.1) is 0 Å². The molecule has 114 valence electrons. The number of hydrogen-bond acceptors (Lipinski definition) is 5. The summed E-state index contributed by atoms with van der Waals surface area (Å²) in [6.07, 6.45) is 4.17. The molecule has 0 bridgehead atoms. The largest absolute Gasteiger partial charge is 0.324 e. The monoisotopic (exact) mass is 338 g/mol. The summed E-state index contributed by atoms with van der Waals surface area (Å²) in [6, 6.07) is 6.80. The molecule has 0 aliphatic heterocycles. The summed E-state index contributed by atoms with van der Waals surface area (Å²) in [4.78, 5) is 7.67. The minimum Gasteiger partial charge on any atom is -0.324 e. The lowest BCUT2D eigenvalue weighted by Crippen LogP contribution is -2.15. The second-order valence-corrected chi connectivity index (χ2v) is 6.37. The zero-order chi connectivity index (χ0) is 15.7. The van der Waals surface area contributed by atoms with Gasteiger partial charge in [0.25, 0.3) is 10.0 Å². The van der Waals surface area contributed by atoms with Crippen LogP contribution in [0.5, 0.6) is 0 Å². The van der Waals surface area contributed by atoms with E-state index in [9.17, 15) is 8.42 Å². The standard InChI is InChI=1S/C12H11ClN6O2S/c1-18-8-15-12(11(18)13)22(20,21)17-9-4-2-3-5-10(9)19-7-14-6-16-19/h2-8,17H,1H3. The van der Waals surface area contributed by atoms with E-state index in [0.717, 1.165) is 0 Å². The highest BCUT2D eigenvalue weighted by Crippen LogP contribution is 2.25. The van der Waals surface area contributed by atoms with Crippen molar-refractivity contribution in [2.24, 2.45) is 7.05 Å². The molecule has 0 fully saturated rings. The molecule has 0 radical (unpaired) electrons. The minimum absolute atomic E-state index is 0.0331. The number of sulfonamides is 1. The van der Waals surface area contributed by atoms with Crippen LogP contribution in [0.25, 0.3) is 5.69 Å². The van der Waals surface area contributed by atoms with Crippen molar-refractivity contribution in [2.45, 2.75) is 5.03 Å². The van der Waals surface area contributed by atoms with Gasteiger partial charge in [0.05, 0.1) is 17.7 Å². The summed E-state index contributed by atoms with van der Waals surface area (Å²) in [7, 11) is -2.30. The summed E-state index contributed by atoms with van der Waals surface area (Å²) in [5.41, 5.74) is 0.880. The average Bonchev–Trinajstić information content (AvgIpc) is 3.11. The first-order valence-corrected chi connectivity index (χ1v) is 7.99. The lowest BCUT2D eigenvalue weighted by molar-refractivity contribution is 0.598. The number of aryl methyl sites for hydroxylation is 1. The Hall–Kier alpha value is -2.39. The molecule has 2 heterocycles. The van der Waals surface area contributed by atoms with Crippen molar-refractivity contribution in [3.8, 4) is 5.69 Å². The van der Waals surface area contributed by atoms with Crippen LogP contribution in [0.15, 0.2) is 48.3 Å². The molecule has 0 amide bonds. The second kappa shape index (κ2) is 5.43. The zero-order valence-electron chi connectivity index (χ0n) is 11.4. The van der Waals surface area contributed by atoms with Crippen molar-refractivity contribution in [3.05, 3.63) is 48.4 Å². The van der Waals surface area contributed by atoms with Crippen LogP contribution in [0, 0.1) is 0 Å². The van der Waals surface area contributed by atoms with Gasteiger partial charge in [0.2, 0.25) is 5.03 Å². The number of benzene rings is 1. The number of para-hydroxylation sites is 2. The van der Waals surface area contributed by atoms with Gasteiger partial charge >= 0.3 is 0 Å². The van der Waals surface area contributed by atoms with Crippen molar-refractivity contribution in [3.63, 3.8) is 0 Å². The van der Waals surface area contributed by atoms with Crippen LogP contribution in [-0.2, 0) is 17.1 Å². The van der Waals surface area contributed by atoms with Crippen molar-refractivity contribution in [1.82, 2.24) is 24.3 Å². The lowest BCUT2D eigenvalue weighted by Gasteiger charge is -2.11. The van der Waals surface area contributed by atoms with Crippen LogP contribution in [0.4, 0.5) is 5.69 Å². The van der Waals surface area contributed by atoms with Crippen LogP contribution >= 0.6 is 11.6 Å². The quantitative estimate of drug-likeness (QED) is 0.777. The average molecular weight is 339 g/mol. The third-order valence-electron chi connectivity index (χ3n) is 2.90. The van der Waals surface area contributed by atoms with Crippen LogP contribution < -0.4 is 4.72 Å². The Labute approximate surface area is 131 Å². The minimum atomic E-state index is -3.91. The highest BCUT2D eigenvalue weighted by molar-refractivity contribution is 7.92. The molecule has 2 aromatic heterocycles. The Bertz CT molecular complexity index is 904. The van der Waals surface area contributed by atoms with E-state index in [-0.39, 0.29) is 10.2 Å². The van der Waals surface area contributed by atoms with E-state index in [2.05, 4.69) is 19.8 Å². The Morgan fingerprint density at radius 2 is 2.00 bits per heavy atom. The molecule has 1 N–H and O–H groups in total. The van der Waals surface area contributed by atoms with Gasteiger partial charge < -0.3 is 4.57 Å². The molecule has 0 aliphatic carbocycles. The highest BCUT2D eigenvalue weighted by atomic mass is 35.5. The maximum absolute atomic E-state index is 12.4. The van der Waals surface area contributed by atoms with Gasteiger partial charge in [0.1, 0.15) is 17.8 Å². The molecule has 0 spiro atoms. The van der Waals surface area contributed by atoms with E-state index in [4.69, 9.17) is 11.6 Å². The first-order chi connectivity index (χ1) is 10.5. The summed E-state index contributed by atoms with van der Waals surface area (Å²) in [5, 5.41) is 3.80. The first kappa shape index (κ1) is 14.5. The SMILES string of the molecule is Cn1cnc(S(=O)(=O)Nc2ccccc2-n2cncn2)c1Cl. The van der Waals surface area contributed by atoms with Gasteiger partial charge in [-0.05, 0) is 12.1 Å². The number of hydrogen-bond donors (Lipinski definition) is 1. The molecule has 3 aromatic rings. The molecule has 22 heavy (non-hydrogen) atoms. The number of anilines is 1. The molecule has 0 atom stereocenters. The zero-order valence-corrected chi connectivity index (χ0v) is 13.0. The molecule has 0 aliphatic rings. The Balaban J connectivity index is 2.02. The molecule has 3 rings (SSSR count). The predicted molar refractivity (Wildman–Crippen MR) is 80.4 cm³/mol. The van der Waals surface area contributed by atoms with Crippen molar-refractivity contribution in [2.75, 3.05) is 4.72 Å². The Morgan fingerprint density at radius 3 is 2.64 bits per heavy atom. The van der Waals surface area contributed by atoms with Gasteiger partial charge in [-0.25, -0.2) is 14.6 Å². The van der Waals surface area contributed by atoms with Crippen LogP contribution in [0.3, 0.4) is 0 Å². The fourth-order valence-electron chi connectivity index (χ4n) is 1.86. The van der Waals surface area contributed by atoms with E-state index < -0.39 is 10.0 Å². The summed E-state index contributed by atoms with van der Waals surface area (Å²) in [6.45, 7) is 0. The summed E-state index contributed by atoms with van der Waals surface area (Å²) >= 11 is 5.95. The maximum Gasteiger partial charge on any atom is 0.282 e. The van der Waals surface area contributed by atoms with E-state index in [0.29, 0.717) is 11.4 Å². The first-order valence-electron chi connectivity index (χ1n) is 6.13. The highest BCUT2D eigenvalue weighted by Gasteiger charge is 2.23. The van der Waals surface area contributed by atoms with Crippen LogP contribution in [0.2, 0.25) is 5.15 Å². The Morgan fingerprint density at radius 1 is 1.23 bits per heavy atom. The fourth-order valence-corrected chi connectivity index (χ4v) is 3.37. The van der Waals surface area contributed by atoms with Gasteiger partial charge in [-0.2, -0.15) is 13.5 Å². The third kappa shape index (κ3) is 2.55. The molecule has 8 nitrogen and oxygen atoms in total. The molecule has 0 saturated heterocycles. The number of aromatic nitrogens is 5. The second-order valence-electron chi connectivity index (χ2n) is 4.41. The number of nitrogens with one attached hydrogen (secondary N) is 1. The van der Waals surface area contributed by atoms with E-state index in [1.165, 1.54) is 28.2 Å². The molecule has 0 unspecified atom stereocenters. The topological polar surface area (TPSA) is 94.7 Å². The lowest BCUT2D eigenvalue weighted by atomic mass is 10.3. The molecule has 1 aromatic carbocycles. The van der Waals surface area contributed by atoms with E-state index >= 15 is 0 Å². The van der Waals surface area contributed by atoms with Crippen molar-refractivity contribution in [1.29, 1.82) is 0 Å². The predicted octanol–water partition coefficient (Wildman–Crippen LogP) is 1.45. The van der Waals surface area contributed by atoms with E-state index in [1.54, 1.807) is 31.3 Å². The number of halogens is 1. The van der Waals surface area contributed by atoms with Gasteiger partial charge in [0.15, 0.2) is 0 Å². The number of imidazole rings is 1. The fraction of sp³-hybridized carbons (Fsp3) is 0.0833. The molecule has 0 saturated carbocycles. The molecule has 10 heteroatoms. The molecular weight excluding hydrogens is 328 g/mol. The number of rotatable bonds is 4. The molecular formula is C12H11ClN6O2S. The maximum atomic E-state index is 12.4. The Kier molecular flexibility index (Phi) is 3.59. The van der Waals surface area contributed by atoms with Gasteiger partial charge in [-0.3, -0.25) is 4.72 Å². The van der Waals surface area contributed by atoms with Gasteiger partial charge in [-0.1, -0.05) is 23.7 Å². The summed E-state index contributed by atoms with van der Waals surface area (Å²) in [5.74, 6) is 0. The summed E-state index contributed by atoms with van der Waals surface area (Å²) < 4.78 is 30.2. The van der Waals surface area contributed by atoms with Gasteiger partial charge in [0, 0.05) is 7.05 Å². The van der Waals surface area contributed by atoms with Crippen molar-refractivity contribution >= 4 is 27.3 Å². The third-order valence-corrected chi connectivity index (χ3v) is 4.76. The van der Waals surface area contributed by atoms with Crippen molar-refractivity contribution < 1.29 is 8.42 Å². The number of nitrogens with zero attached hydrogens (tertiary/aromatic N) is 5. The smallest absolute Gasteiger partial charge is 0.282 e.